The standard InChI is InChI=1S/C26H29F2N3O6/c1-14(30-25(33)37-26(2,3)4)22-21(23(32)29-13-16-7-9-17(27)12-18(16)28)31-24(36-22)15-8-10-19(34-5)20(11-15)35-6/h7-12,14H,13H2,1-6H3,(H,29,32)(H,30,33). The van der Waals surface area contributed by atoms with Crippen molar-refractivity contribution in [3.05, 3.63) is 65.1 Å². The summed E-state index contributed by atoms with van der Waals surface area (Å²) < 4.78 is 49.0. The molecule has 1 atom stereocenters. The van der Waals surface area contributed by atoms with E-state index in [2.05, 4.69) is 15.6 Å². The van der Waals surface area contributed by atoms with E-state index in [0.29, 0.717) is 17.1 Å². The zero-order chi connectivity index (χ0) is 27.3. The van der Waals surface area contributed by atoms with Gasteiger partial charge in [0.05, 0.1) is 20.3 Å². The third-order valence-corrected chi connectivity index (χ3v) is 5.08. The molecule has 2 amide bonds. The molecular formula is C26H29F2N3O6. The van der Waals surface area contributed by atoms with Crippen molar-refractivity contribution in [2.75, 3.05) is 14.2 Å². The van der Waals surface area contributed by atoms with Crippen molar-refractivity contribution in [3.63, 3.8) is 0 Å². The van der Waals surface area contributed by atoms with Crippen LogP contribution in [0.25, 0.3) is 11.5 Å². The van der Waals surface area contributed by atoms with Crippen molar-refractivity contribution in [3.8, 4) is 23.0 Å². The number of halogens is 2. The number of nitrogens with zero attached hydrogens (tertiary/aromatic N) is 1. The summed E-state index contributed by atoms with van der Waals surface area (Å²) in [7, 11) is 2.97. The van der Waals surface area contributed by atoms with E-state index < -0.39 is 35.3 Å². The molecule has 1 unspecified atom stereocenters. The van der Waals surface area contributed by atoms with Crippen molar-refractivity contribution >= 4 is 12.0 Å². The van der Waals surface area contributed by atoms with Crippen molar-refractivity contribution in [2.45, 2.75) is 45.9 Å². The Morgan fingerprint density at radius 2 is 1.76 bits per heavy atom. The summed E-state index contributed by atoms with van der Waals surface area (Å²) >= 11 is 0. The SMILES string of the molecule is COc1ccc(-c2nc(C(=O)NCc3ccc(F)cc3F)c(C(C)NC(=O)OC(C)(C)C)o2)cc1OC. The summed E-state index contributed by atoms with van der Waals surface area (Å²) in [5, 5.41) is 5.18. The highest BCUT2D eigenvalue weighted by Gasteiger charge is 2.28. The van der Waals surface area contributed by atoms with Crippen molar-refractivity contribution in [1.82, 2.24) is 15.6 Å². The molecule has 0 radical (unpaired) electrons. The van der Waals surface area contributed by atoms with E-state index in [1.165, 1.54) is 20.3 Å². The van der Waals surface area contributed by atoms with Gasteiger partial charge in [0.25, 0.3) is 5.91 Å². The first-order valence-corrected chi connectivity index (χ1v) is 11.4. The molecule has 2 aromatic carbocycles. The molecule has 0 aliphatic carbocycles. The number of hydrogen-bond donors (Lipinski definition) is 2. The van der Waals surface area contributed by atoms with Gasteiger partial charge >= 0.3 is 6.09 Å². The highest BCUT2D eigenvalue weighted by Crippen LogP contribution is 2.34. The molecule has 1 heterocycles. The number of oxazole rings is 1. The Kier molecular flexibility index (Phi) is 8.36. The minimum absolute atomic E-state index is 0.0488. The summed E-state index contributed by atoms with van der Waals surface area (Å²) in [6.45, 7) is 6.52. The van der Waals surface area contributed by atoms with Crippen LogP contribution in [0.1, 0.15) is 55.5 Å². The number of methoxy groups -OCH3 is 2. The molecule has 0 spiro atoms. The molecule has 37 heavy (non-hydrogen) atoms. The summed E-state index contributed by atoms with van der Waals surface area (Å²) in [4.78, 5) is 29.8. The molecule has 9 nitrogen and oxygen atoms in total. The number of ether oxygens (including phenoxy) is 3. The maximum Gasteiger partial charge on any atom is 0.408 e. The van der Waals surface area contributed by atoms with Gasteiger partial charge in [-0.3, -0.25) is 4.79 Å². The van der Waals surface area contributed by atoms with E-state index in [1.807, 2.05) is 0 Å². The summed E-state index contributed by atoms with van der Waals surface area (Å²) in [5.41, 5.74) is -0.308. The highest BCUT2D eigenvalue weighted by atomic mass is 19.1. The highest BCUT2D eigenvalue weighted by molar-refractivity contribution is 5.94. The number of rotatable bonds is 8. The summed E-state index contributed by atoms with van der Waals surface area (Å²) in [6.07, 6.45) is -0.719. The van der Waals surface area contributed by atoms with E-state index in [1.54, 1.807) is 45.9 Å². The quantitative estimate of drug-likeness (QED) is 0.425. The van der Waals surface area contributed by atoms with Crippen LogP contribution in [0.3, 0.4) is 0 Å². The van der Waals surface area contributed by atoms with Gasteiger partial charge in [-0.2, -0.15) is 0 Å². The van der Waals surface area contributed by atoms with Gasteiger partial charge in [-0.1, -0.05) is 6.07 Å². The zero-order valence-corrected chi connectivity index (χ0v) is 21.4. The molecule has 0 aliphatic rings. The molecular weight excluding hydrogens is 488 g/mol. The monoisotopic (exact) mass is 517 g/mol. The molecule has 0 saturated carbocycles. The molecule has 0 aliphatic heterocycles. The van der Waals surface area contributed by atoms with Crippen LogP contribution in [0.2, 0.25) is 0 Å². The lowest BCUT2D eigenvalue weighted by atomic mass is 10.1. The first-order chi connectivity index (χ1) is 17.4. The summed E-state index contributed by atoms with van der Waals surface area (Å²) in [6, 6.07) is 7.17. The molecule has 11 heteroatoms. The molecule has 3 rings (SSSR count). The Hall–Kier alpha value is -4.15. The number of aromatic nitrogens is 1. The second-order valence-electron chi connectivity index (χ2n) is 9.09. The predicted octanol–water partition coefficient (Wildman–Crippen LogP) is 5.15. The first kappa shape index (κ1) is 27.4. The van der Waals surface area contributed by atoms with Crippen LogP contribution >= 0.6 is 0 Å². The van der Waals surface area contributed by atoms with Crippen molar-refractivity contribution in [2.24, 2.45) is 0 Å². The Morgan fingerprint density at radius 1 is 1.05 bits per heavy atom. The van der Waals surface area contributed by atoms with Crippen LogP contribution < -0.4 is 20.1 Å². The lowest BCUT2D eigenvalue weighted by molar-refractivity contribution is 0.0501. The van der Waals surface area contributed by atoms with Crippen LogP contribution in [0, 0.1) is 11.6 Å². The van der Waals surface area contributed by atoms with Gasteiger partial charge in [0.1, 0.15) is 17.2 Å². The Morgan fingerprint density at radius 3 is 2.38 bits per heavy atom. The number of hydrogen-bond acceptors (Lipinski definition) is 7. The zero-order valence-electron chi connectivity index (χ0n) is 21.4. The van der Waals surface area contributed by atoms with Crippen LogP contribution in [0.5, 0.6) is 11.5 Å². The van der Waals surface area contributed by atoms with Gasteiger partial charge in [-0.25, -0.2) is 18.6 Å². The van der Waals surface area contributed by atoms with Crippen LogP contribution in [0.15, 0.2) is 40.8 Å². The average Bonchev–Trinajstić information content (AvgIpc) is 3.27. The third-order valence-electron chi connectivity index (χ3n) is 5.08. The largest absolute Gasteiger partial charge is 0.493 e. The number of carbonyl (C=O) groups is 2. The van der Waals surface area contributed by atoms with E-state index in [9.17, 15) is 18.4 Å². The Balaban J connectivity index is 1.94. The normalized spacial score (nSPS) is 12.0. The molecule has 2 N–H and O–H groups in total. The fourth-order valence-electron chi connectivity index (χ4n) is 3.35. The first-order valence-electron chi connectivity index (χ1n) is 11.4. The third kappa shape index (κ3) is 6.96. The molecule has 0 fully saturated rings. The van der Waals surface area contributed by atoms with Crippen LogP contribution in [0.4, 0.5) is 13.6 Å². The Labute approximate surface area is 213 Å². The van der Waals surface area contributed by atoms with Crippen LogP contribution in [-0.2, 0) is 11.3 Å². The molecule has 198 valence electrons. The fourth-order valence-corrected chi connectivity index (χ4v) is 3.35. The topological polar surface area (TPSA) is 112 Å². The molecule has 3 aromatic rings. The van der Waals surface area contributed by atoms with Gasteiger partial charge < -0.3 is 29.3 Å². The lowest BCUT2D eigenvalue weighted by Gasteiger charge is -2.21. The maximum absolute atomic E-state index is 14.0. The van der Waals surface area contributed by atoms with Gasteiger partial charge in [0.15, 0.2) is 23.0 Å². The lowest BCUT2D eigenvalue weighted by Crippen LogP contribution is -2.34. The molecule has 0 bridgehead atoms. The number of alkyl carbamates (subject to hydrolysis) is 1. The van der Waals surface area contributed by atoms with Gasteiger partial charge in [-0.05, 0) is 52.0 Å². The van der Waals surface area contributed by atoms with E-state index in [0.717, 1.165) is 12.1 Å². The van der Waals surface area contributed by atoms with Crippen molar-refractivity contribution < 1.29 is 37.0 Å². The maximum atomic E-state index is 14.0. The number of benzene rings is 2. The average molecular weight is 518 g/mol. The van der Waals surface area contributed by atoms with E-state index >= 15 is 0 Å². The van der Waals surface area contributed by atoms with E-state index in [4.69, 9.17) is 18.6 Å². The van der Waals surface area contributed by atoms with Gasteiger partial charge in [-0.15, -0.1) is 0 Å². The smallest absolute Gasteiger partial charge is 0.408 e. The molecule has 1 aromatic heterocycles. The number of nitrogens with one attached hydrogen (secondary N) is 2. The van der Waals surface area contributed by atoms with Gasteiger partial charge in [0, 0.05) is 23.7 Å². The predicted molar refractivity (Wildman–Crippen MR) is 130 cm³/mol. The fraction of sp³-hybridized carbons (Fsp3) is 0.346. The number of carbonyl (C=O) groups excluding carboxylic acids is 2. The number of amides is 2. The second kappa shape index (κ2) is 11.3. The Bertz CT molecular complexity index is 1290. The minimum Gasteiger partial charge on any atom is -0.493 e. The van der Waals surface area contributed by atoms with E-state index in [-0.39, 0.29) is 29.5 Å². The minimum atomic E-state index is -0.820. The van der Waals surface area contributed by atoms with Crippen LogP contribution in [-0.4, -0.2) is 36.8 Å². The van der Waals surface area contributed by atoms with Gasteiger partial charge in [0.2, 0.25) is 5.89 Å². The van der Waals surface area contributed by atoms with Crippen molar-refractivity contribution in [1.29, 1.82) is 0 Å². The molecule has 0 saturated heterocycles. The summed E-state index contributed by atoms with van der Waals surface area (Å²) in [5.74, 6) is -1.19. The second-order valence-corrected chi connectivity index (χ2v) is 9.09.